The molecule has 0 saturated carbocycles. The van der Waals surface area contributed by atoms with E-state index in [1.807, 2.05) is 6.92 Å². The van der Waals surface area contributed by atoms with Crippen LogP contribution in [0.5, 0.6) is 5.75 Å². The molecule has 7 nitrogen and oxygen atoms in total. The van der Waals surface area contributed by atoms with Crippen molar-refractivity contribution in [2.24, 2.45) is 0 Å². The van der Waals surface area contributed by atoms with E-state index in [2.05, 4.69) is 15.6 Å². The van der Waals surface area contributed by atoms with Crippen LogP contribution in [0.25, 0.3) is 10.8 Å². The molecule has 186 valence electrons. The highest BCUT2D eigenvalue weighted by atomic mass is 19.1. The summed E-state index contributed by atoms with van der Waals surface area (Å²) in [5, 5.41) is 16.6. The van der Waals surface area contributed by atoms with Gasteiger partial charge in [0.2, 0.25) is 5.91 Å². The number of rotatable bonds is 10. The summed E-state index contributed by atoms with van der Waals surface area (Å²) in [7, 11) is 1.65. The van der Waals surface area contributed by atoms with E-state index in [0.29, 0.717) is 24.0 Å². The highest BCUT2D eigenvalue weighted by Gasteiger charge is 2.21. The summed E-state index contributed by atoms with van der Waals surface area (Å²) in [6, 6.07) is 9.54. The molecule has 0 aliphatic carbocycles. The number of pyridine rings is 1. The maximum absolute atomic E-state index is 13.5. The predicted molar refractivity (Wildman–Crippen MR) is 131 cm³/mol. The number of urea groups is 1. The zero-order valence-electron chi connectivity index (χ0n) is 19.9. The molecule has 1 atom stereocenters. The first-order chi connectivity index (χ1) is 16.8. The Morgan fingerprint density at radius 3 is 2.69 bits per heavy atom. The van der Waals surface area contributed by atoms with Crippen LogP contribution in [-0.2, 0) is 11.3 Å². The van der Waals surface area contributed by atoms with Gasteiger partial charge in [0.05, 0.1) is 0 Å². The lowest BCUT2D eigenvalue weighted by atomic mass is 10.0. The van der Waals surface area contributed by atoms with Crippen molar-refractivity contribution in [2.45, 2.75) is 51.6 Å². The van der Waals surface area contributed by atoms with E-state index in [1.54, 1.807) is 25.4 Å². The molecule has 0 fully saturated rings. The molecular weight excluding hydrogens is 454 g/mol. The Labute approximate surface area is 203 Å². The minimum absolute atomic E-state index is 0.0258. The fourth-order valence-electron chi connectivity index (χ4n) is 3.82. The number of unbranched alkanes of at least 4 members (excludes halogenated alkanes) is 1. The Bertz CT molecular complexity index is 1190. The highest BCUT2D eigenvalue weighted by Crippen LogP contribution is 2.21. The molecule has 3 aromatic rings. The number of para-hydroxylation sites is 1. The maximum atomic E-state index is 13.5. The summed E-state index contributed by atoms with van der Waals surface area (Å²) in [5.74, 6) is -1.52. The van der Waals surface area contributed by atoms with E-state index < -0.39 is 11.6 Å². The van der Waals surface area contributed by atoms with Crippen molar-refractivity contribution < 1.29 is 23.5 Å². The molecule has 3 rings (SSSR count). The number of hydrogen-bond donors (Lipinski definition) is 3. The molecule has 0 spiro atoms. The Balaban J connectivity index is 1.57. The average molecular weight is 485 g/mol. The minimum Gasteiger partial charge on any atom is -0.505 e. The number of carbonyl (C=O) groups is 2. The van der Waals surface area contributed by atoms with Gasteiger partial charge in [-0.2, -0.15) is 0 Å². The number of hydrogen-bond acceptors (Lipinski definition) is 4. The molecule has 2 aromatic carbocycles. The second-order valence-corrected chi connectivity index (χ2v) is 8.46. The van der Waals surface area contributed by atoms with Gasteiger partial charge in [-0.3, -0.25) is 4.79 Å². The van der Waals surface area contributed by atoms with Gasteiger partial charge in [0.1, 0.15) is 11.6 Å². The van der Waals surface area contributed by atoms with Gasteiger partial charge in [0, 0.05) is 43.2 Å². The lowest BCUT2D eigenvalue weighted by Crippen LogP contribution is -2.43. The molecule has 0 radical (unpaired) electrons. The summed E-state index contributed by atoms with van der Waals surface area (Å²) in [4.78, 5) is 31.0. The van der Waals surface area contributed by atoms with Crippen molar-refractivity contribution in [2.75, 3.05) is 12.4 Å². The standard InChI is InChI=1S/C26H30F2N4O3/c1-3-4-7-21(32(2)26(35)30-16-18-6-5-8-22(28)25(18)34)11-12-24(33)31-23-14-19-13-20(27)10-9-17(19)15-29-23/h5-6,8-10,13-15,21,34H,3-4,7,11-12,16H2,1-2H3,(H,30,35)(H,29,31,33). The Morgan fingerprint density at radius 1 is 1.11 bits per heavy atom. The summed E-state index contributed by atoms with van der Waals surface area (Å²) in [6.07, 6.45) is 4.71. The van der Waals surface area contributed by atoms with Gasteiger partial charge < -0.3 is 20.6 Å². The summed E-state index contributed by atoms with van der Waals surface area (Å²) in [5.41, 5.74) is 0.277. The van der Waals surface area contributed by atoms with E-state index in [4.69, 9.17) is 0 Å². The number of amides is 3. The molecule has 35 heavy (non-hydrogen) atoms. The van der Waals surface area contributed by atoms with Crippen LogP contribution >= 0.6 is 0 Å². The predicted octanol–water partition coefficient (Wildman–Crippen LogP) is 5.34. The number of aromatic hydroxyl groups is 1. The van der Waals surface area contributed by atoms with Crippen LogP contribution in [0, 0.1) is 11.6 Å². The first kappa shape index (κ1) is 25.9. The molecular formula is C26H30F2N4O3. The van der Waals surface area contributed by atoms with Crippen molar-refractivity contribution in [3.63, 3.8) is 0 Å². The fraction of sp³-hybridized carbons (Fsp3) is 0.346. The van der Waals surface area contributed by atoms with Gasteiger partial charge in [-0.1, -0.05) is 31.9 Å². The zero-order valence-corrected chi connectivity index (χ0v) is 19.9. The number of phenols is 1. The first-order valence-electron chi connectivity index (χ1n) is 11.6. The number of phenolic OH excluding ortho intramolecular Hbond substituents is 1. The zero-order chi connectivity index (χ0) is 25.4. The number of anilines is 1. The van der Waals surface area contributed by atoms with Crippen LogP contribution in [0.15, 0.2) is 48.7 Å². The maximum Gasteiger partial charge on any atom is 0.317 e. The number of carbonyl (C=O) groups excluding carboxylic acids is 2. The fourth-order valence-corrected chi connectivity index (χ4v) is 3.82. The second kappa shape index (κ2) is 12.1. The van der Waals surface area contributed by atoms with Crippen molar-refractivity contribution in [3.05, 3.63) is 65.9 Å². The number of fused-ring (bicyclic) bond motifs is 1. The Morgan fingerprint density at radius 2 is 1.91 bits per heavy atom. The molecule has 0 bridgehead atoms. The molecule has 0 aliphatic heterocycles. The third-order valence-electron chi connectivity index (χ3n) is 5.92. The number of halogens is 2. The number of benzene rings is 2. The molecule has 1 heterocycles. The van der Waals surface area contributed by atoms with Crippen LogP contribution in [-0.4, -0.2) is 40.0 Å². The van der Waals surface area contributed by atoms with Crippen molar-refractivity contribution in [3.8, 4) is 5.75 Å². The molecule has 1 unspecified atom stereocenters. The van der Waals surface area contributed by atoms with Gasteiger partial charge >= 0.3 is 6.03 Å². The summed E-state index contributed by atoms with van der Waals surface area (Å²) >= 11 is 0. The molecule has 0 aliphatic rings. The summed E-state index contributed by atoms with van der Waals surface area (Å²) in [6.45, 7) is 2.02. The smallest absolute Gasteiger partial charge is 0.317 e. The number of aromatic nitrogens is 1. The van der Waals surface area contributed by atoms with Crippen LogP contribution in [0.2, 0.25) is 0 Å². The summed E-state index contributed by atoms with van der Waals surface area (Å²) < 4.78 is 27.0. The molecule has 9 heteroatoms. The van der Waals surface area contributed by atoms with Gasteiger partial charge in [-0.25, -0.2) is 18.6 Å². The minimum atomic E-state index is -0.747. The average Bonchev–Trinajstić information content (AvgIpc) is 2.84. The van der Waals surface area contributed by atoms with Gasteiger partial charge in [0.15, 0.2) is 11.6 Å². The van der Waals surface area contributed by atoms with Gasteiger partial charge in [0.25, 0.3) is 0 Å². The van der Waals surface area contributed by atoms with E-state index in [0.717, 1.165) is 24.3 Å². The molecule has 1 aromatic heterocycles. The van der Waals surface area contributed by atoms with Crippen molar-refractivity contribution in [1.82, 2.24) is 15.2 Å². The quantitative estimate of drug-likeness (QED) is 0.362. The largest absolute Gasteiger partial charge is 0.505 e. The second-order valence-electron chi connectivity index (χ2n) is 8.46. The van der Waals surface area contributed by atoms with E-state index in [1.165, 1.54) is 29.2 Å². The van der Waals surface area contributed by atoms with E-state index in [-0.39, 0.29) is 42.3 Å². The van der Waals surface area contributed by atoms with Crippen LogP contribution in [0.4, 0.5) is 19.4 Å². The van der Waals surface area contributed by atoms with E-state index >= 15 is 0 Å². The number of nitrogens with one attached hydrogen (secondary N) is 2. The topological polar surface area (TPSA) is 94.6 Å². The lowest BCUT2D eigenvalue weighted by molar-refractivity contribution is -0.116. The molecule has 3 amide bonds. The van der Waals surface area contributed by atoms with Crippen molar-refractivity contribution in [1.29, 1.82) is 0 Å². The van der Waals surface area contributed by atoms with Crippen LogP contribution in [0.3, 0.4) is 0 Å². The van der Waals surface area contributed by atoms with Crippen LogP contribution in [0.1, 0.15) is 44.6 Å². The van der Waals surface area contributed by atoms with Crippen LogP contribution < -0.4 is 10.6 Å². The van der Waals surface area contributed by atoms with E-state index in [9.17, 15) is 23.5 Å². The van der Waals surface area contributed by atoms with Gasteiger partial charge in [-0.15, -0.1) is 0 Å². The molecule has 0 saturated heterocycles. The first-order valence-corrected chi connectivity index (χ1v) is 11.6. The third kappa shape index (κ3) is 7.11. The van der Waals surface area contributed by atoms with Gasteiger partial charge in [-0.05, 0) is 48.6 Å². The third-order valence-corrected chi connectivity index (χ3v) is 5.92. The monoisotopic (exact) mass is 484 g/mol. The normalized spacial score (nSPS) is 11.8. The lowest BCUT2D eigenvalue weighted by Gasteiger charge is -2.28. The molecule has 3 N–H and O–H groups in total. The SMILES string of the molecule is CCCCC(CCC(=O)Nc1cc2cc(F)ccc2cn1)N(C)C(=O)NCc1cccc(F)c1O. The number of nitrogens with zero attached hydrogens (tertiary/aromatic N) is 2. The Hall–Kier alpha value is -3.75. The highest BCUT2D eigenvalue weighted by molar-refractivity contribution is 5.92. The van der Waals surface area contributed by atoms with Crippen molar-refractivity contribution >= 4 is 28.5 Å². The Kier molecular flexibility index (Phi) is 8.94.